The van der Waals surface area contributed by atoms with Crippen molar-refractivity contribution in [2.24, 2.45) is 0 Å². The lowest BCUT2D eigenvalue weighted by Crippen LogP contribution is -2.27. The number of nitrogens with one attached hydrogen (secondary N) is 1. The first kappa shape index (κ1) is 54.5. The maximum atomic E-state index is 12.3. The largest absolute Gasteiger partial charge is 0.460 e. The topological polar surface area (TPSA) is 175 Å². The SMILES string of the molecule is O=C(NCCCOCCOCCOCCOCCOCCOCCOCCOCCOCCOCCOCCOCCOC(=O)c1ccccc1)OCC1c2ccccc2-c2ccccc21. The molecule has 0 fully saturated rings. The van der Waals surface area contributed by atoms with Gasteiger partial charge in [-0.1, -0.05) is 66.7 Å². The Morgan fingerprint density at radius 1 is 0.364 bits per heavy atom. The van der Waals surface area contributed by atoms with Crippen molar-refractivity contribution >= 4 is 12.1 Å². The fraction of sp³-hybridized carbons (Fsp3) is 0.592. The van der Waals surface area contributed by atoms with E-state index in [1.54, 1.807) is 24.3 Å². The average Bonchev–Trinajstić information content (AvgIpc) is 3.67. The smallest absolute Gasteiger partial charge is 0.407 e. The molecule has 0 aromatic heterocycles. The van der Waals surface area contributed by atoms with Gasteiger partial charge >= 0.3 is 12.1 Å². The van der Waals surface area contributed by atoms with Gasteiger partial charge in [0.25, 0.3) is 0 Å². The van der Waals surface area contributed by atoms with Crippen LogP contribution in [-0.2, 0) is 66.3 Å². The van der Waals surface area contributed by atoms with Gasteiger partial charge in [-0.3, -0.25) is 0 Å². The minimum atomic E-state index is -0.420. The standard InChI is InChI=1S/C49H71NO16/c51-48(42-9-2-1-3-10-42)65-40-39-64-38-37-63-36-35-62-34-33-61-32-31-60-30-29-59-28-27-58-26-25-57-24-23-56-22-21-55-20-19-54-18-17-53-16-8-15-50-49(52)66-41-47-45-13-6-4-11-43(45)44-12-5-7-14-46(44)47/h1-7,9-14,47H,8,15-41H2,(H,50,52). The van der Waals surface area contributed by atoms with E-state index in [1.807, 2.05) is 30.3 Å². The number of hydrogen-bond acceptors (Lipinski definition) is 16. The van der Waals surface area contributed by atoms with Gasteiger partial charge in [0.2, 0.25) is 0 Å². The van der Waals surface area contributed by atoms with Gasteiger partial charge in [0.05, 0.1) is 158 Å². The summed E-state index contributed by atoms with van der Waals surface area (Å²) in [5.74, 6) is -0.318. The second kappa shape index (κ2) is 37.9. The summed E-state index contributed by atoms with van der Waals surface area (Å²) in [4.78, 5) is 24.1. The molecule has 3 aromatic carbocycles. The highest BCUT2D eigenvalue weighted by atomic mass is 16.6. The maximum Gasteiger partial charge on any atom is 0.407 e. The van der Waals surface area contributed by atoms with Crippen molar-refractivity contribution in [2.75, 3.05) is 178 Å². The Bertz CT molecular complexity index is 1610. The Hall–Kier alpha value is -4.08. The average molecular weight is 930 g/mol. The van der Waals surface area contributed by atoms with Crippen LogP contribution in [0.4, 0.5) is 4.79 Å². The Kier molecular flexibility index (Phi) is 31.4. The Labute approximate surface area is 389 Å². The highest BCUT2D eigenvalue weighted by Crippen LogP contribution is 2.44. The van der Waals surface area contributed by atoms with E-state index in [0.29, 0.717) is 184 Å². The van der Waals surface area contributed by atoms with Crippen LogP contribution in [0, 0.1) is 0 Å². The summed E-state index contributed by atoms with van der Waals surface area (Å²) in [6.07, 6.45) is 0.258. The zero-order valence-corrected chi connectivity index (χ0v) is 38.4. The van der Waals surface area contributed by atoms with Crippen LogP contribution in [0.25, 0.3) is 11.1 Å². The predicted octanol–water partition coefficient (Wildman–Crippen LogP) is 4.97. The van der Waals surface area contributed by atoms with Crippen LogP contribution in [0.2, 0.25) is 0 Å². The zero-order chi connectivity index (χ0) is 46.2. The Balaban J connectivity index is 0.749. The molecule has 1 amide bonds. The van der Waals surface area contributed by atoms with Crippen LogP contribution < -0.4 is 5.32 Å². The van der Waals surface area contributed by atoms with E-state index in [1.165, 1.54) is 22.3 Å². The molecule has 17 nitrogen and oxygen atoms in total. The number of ether oxygens (including phenoxy) is 14. The molecular weight excluding hydrogens is 859 g/mol. The summed E-state index contributed by atoms with van der Waals surface area (Å²) in [5.41, 5.74) is 5.31. The molecule has 17 heteroatoms. The fourth-order valence-electron chi connectivity index (χ4n) is 6.39. The van der Waals surface area contributed by atoms with Crippen LogP contribution in [0.5, 0.6) is 0 Å². The number of benzene rings is 3. The van der Waals surface area contributed by atoms with Gasteiger partial charge in [-0.25, -0.2) is 9.59 Å². The number of hydrogen-bond donors (Lipinski definition) is 1. The lowest BCUT2D eigenvalue weighted by Gasteiger charge is -2.14. The molecule has 0 atom stereocenters. The third-order valence-corrected chi connectivity index (χ3v) is 9.64. The predicted molar refractivity (Wildman–Crippen MR) is 244 cm³/mol. The molecule has 3 aromatic rings. The van der Waals surface area contributed by atoms with E-state index < -0.39 is 6.09 Å². The monoisotopic (exact) mass is 929 g/mol. The van der Waals surface area contributed by atoms with Gasteiger partial charge in [0.1, 0.15) is 13.2 Å². The van der Waals surface area contributed by atoms with Crippen LogP contribution >= 0.6 is 0 Å². The lowest BCUT2D eigenvalue weighted by atomic mass is 9.98. The van der Waals surface area contributed by atoms with Gasteiger partial charge in [-0.05, 0) is 40.8 Å². The van der Waals surface area contributed by atoms with Crippen LogP contribution in [0.15, 0.2) is 78.9 Å². The van der Waals surface area contributed by atoms with Crippen molar-refractivity contribution in [2.45, 2.75) is 12.3 Å². The highest BCUT2D eigenvalue weighted by Gasteiger charge is 2.29. The van der Waals surface area contributed by atoms with Crippen molar-refractivity contribution in [3.8, 4) is 11.1 Å². The first-order valence-corrected chi connectivity index (χ1v) is 23.0. The molecule has 1 aliphatic carbocycles. The number of rotatable bonds is 43. The van der Waals surface area contributed by atoms with Crippen LogP contribution in [0.1, 0.15) is 33.8 Å². The second-order valence-corrected chi connectivity index (χ2v) is 14.5. The van der Waals surface area contributed by atoms with Gasteiger partial charge in [-0.15, -0.1) is 0 Å². The molecule has 0 unspecified atom stereocenters. The third kappa shape index (κ3) is 25.2. The molecule has 1 aliphatic rings. The molecule has 0 bridgehead atoms. The zero-order valence-electron chi connectivity index (χ0n) is 38.4. The summed E-state index contributed by atoms with van der Waals surface area (Å²) >= 11 is 0. The third-order valence-electron chi connectivity index (χ3n) is 9.64. The van der Waals surface area contributed by atoms with Crippen molar-refractivity contribution in [3.05, 3.63) is 95.6 Å². The van der Waals surface area contributed by atoms with E-state index in [0.717, 1.165) is 0 Å². The van der Waals surface area contributed by atoms with Gasteiger partial charge in [0.15, 0.2) is 0 Å². The van der Waals surface area contributed by atoms with Crippen LogP contribution in [-0.4, -0.2) is 190 Å². The van der Waals surface area contributed by atoms with E-state index in [9.17, 15) is 9.59 Å². The van der Waals surface area contributed by atoms with Crippen molar-refractivity contribution < 1.29 is 75.9 Å². The number of amides is 1. The molecule has 0 radical (unpaired) electrons. The molecule has 66 heavy (non-hydrogen) atoms. The fourth-order valence-corrected chi connectivity index (χ4v) is 6.39. The number of alkyl carbamates (subject to hydrolysis) is 1. The molecule has 1 N–H and O–H groups in total. The molecule has 0 aliphatic heterocycles. The van der Waals surface area contributed by atoms with Gasteiger partial charge < -0.3 is 71.6 Å². The van der Waals surface area contributed by atoms with Crippen LogP contribution in [0.3, 0.4) is 0 Å². The normalized spacial score (nSPS) is 12.0. The molecule has 368 valence electrons. The lowest BCUT2D eigenvalue weighted by molar-refractivity contribution is -0.0288. The summed E-state index contributed by atoms with van der Waals surface area (Å²) in [6, 6.07) is 25.4. The molecule has 0 saturated carbocycles. The summed E-state index contributed by atoms with van der Waals surface area (Å²) < 4.78 is 76.8. The number of carbonyl (C=O) groups is 2. The van der Waals surface area contributed by atoms with E-state index in [4.69, 9.17) is 66.3 Å². The number of carbonyl (C=O) groups excluding carboxylic acids is 2. The second-order valence-electron chi connectivity index (χ2n) is 14.5. The van der Waals surface area contributed by atoms with E-state index >= 15 is 0 Å². The number of esters is 1. The molecule has 0 heterocycles. The summed E-state index contributed by atoms with van der Waals surface area (Å²) in [6.45, 7) is 12.2. The maximum absolute atomic E-state index is 12.3. The van der Waals surface area contributed by atoms with Gasteiger partial charge in [0, 0.05) is 19.1 Å². The first-order valence-electron chi connectivity index (χ1n) is 23.0. The van der Waals surface area contributed by atoms with E-state index in [-0.39, 0.29) is 18.5 Å². The van der Waals surface area contributed by atoms with Crippen molar-refractivity contribution in [1.82, 2.24) is 5.32 Å². The Morgan fingerprint density at radius 2 is 0.682 bits per heavy atom. The molecular formula is C49H71NO16. The summed E-state index contributed by atoms with van der Waals surface area (Å²) in [7, 11) is 0. The van der Waals surface area contributed by atoms with Gasteiger partial charge in [-0.2, -0.15) is 0 Å². The van der Waals surface area contributed by atoms with E-state index in [2.05, 4.69) is 29.6 Å². The number of fused-ring (bicyclic) bond motifs is 3. The minimum Gasteiger partial charge on any atom is -0.460 e. The quantitative estimate of drug-likeness (QED) is 0.0594. The first-order chi connectivity index (χ1) is 32.7. The Morgan fingerprint density at radius 3 is 1.06 bits per heavy atom. The molecule has 4 rings (SSSR count). The van der Waals surface area contributed by atoms with Crippen molar-refractivity contribution in [3.63, 3.8) is 0 Å². The molecule has 0 saturated heterocycles. The van der Waals surface area contributed by atoms with Crippen molar-refractivity contribution in [1.29, 1.82) is 0 Å². The summed E-state index contributed by atoms with van der Waals surface area (Å²) in [5, 5.41) is 2.81. The minimum absolute atomic E-state index is 0.0436. The molecule has 0 spiro atoms. The highest BCUT2D eigenvalue weighted by molar-refractivity contribution is 5.89.